The summed E-state index contributed by atoms with van der Waals surface area (Å²) in [7, 11) is 1.63. The molecule has 1 amide bonds. The van der Waals surface area contributed by atoms with Crippen molar-refractivity contribution in [3.8, 4) is 5.75 Å². The zero-order chi connectivity index (χ0) is 16.7. The van der Waals surface area contributed by atoms with Crippen molar-refractivity contribution in [3.63, 3.8) is 0 Å². The van der Waals surface area contributed by atoms with Crippen molar-refractivity contribution in [2.75, 3.05) is 20.3 Å². The van der Waals surface area contributed by atoms with Crippen molar-refractivity contribution < 1.29 is 18.7 Å². The largest absolute Gasteiger partial charge is 0.485 e. The van der Waals surface area contributed by atoms with Crippen molar-refractivity contribution in [1.82, 2.24) is 5.32 Å². The first-order valence-corrected chi connectivity index (χ1v) is 7.72. The first-order valence-electron chi connectivity index (χ1n) is 7.35. The van der Waals surface area contributed by atoms with E-state index in [1.807, 2.05) is 19.1 Å². The average Bonchev–Trinajstić information content (AvgIpc) is 2.99. The van der Waals surface area contributed by atoms with Crippen molar-refractivity contribution in [2.45, 2.75) is 20.0 Å². The number of aryl methyl sites for hydroxylation is 1. The molecule has 0 aliphatic heterocycles. The number of methoxy groups -OCH3 is 1. The lowest BCUT2D eigenvalue weighted by Crippen LogP contribution is -2.24. The number of amides is 1. The number of ether oxygens (including phenoxy) is 2. The molecule has 1 aromatic carbocycles. The number of rotatable bonds is 8. The van der Waals surface area contributed by atoms with E-state index in [1.54, 1.807) is 25.3 Å². The third-order valence-electron chi connectivity index (χ3n) is 3.20. The number of furan rings is 1. The highest BCUT2D eigenvalue weighted by atomic mass is 35.5. The van der Waals surface area contributed by atoms with Gasteiger partial charge in [0, 0.05) is 25.3 Å². The van der Waals surface area contributed by atoms with Gasteiger partial charge in [0.25, 0.3) is 5.91 Å². The number of benzene rings is 1. The smallest absolute Gasteiger partial charge is 0.286 e. The molecule has 6 heteroatoms. The summed E-state index contributed by atoms with van der Waals surface area (Å²) in [5.41, 5.74) is 0.945. The van der Waals surface area contributed by atoms with Gasteiger partial charge in [0.05, 0.1) is 0 Å². The summed E-state index contributed by atoms with van der Waals surface area (Å²) in [6.45, 7) is 3.32. The van der Waals surface area contributed by atoms with E-state index in [9.17, 15) is 4.79 Å². The molecular weight excluding hydrogens is 318 g/mol. The molecule has 1 aromatic heterocycles. The molecule has 0 atom stereocenters. The molecule has 1 heterocycles. The van der Waals surface area contributed by atoms with Gasteiger partial charge < -0.3 is 19.2 Å². The van der Waals surface area contributed by atoms with Crippen LogP contribution in [0.25, 0.3) is 0 Å². The summed E-state index contributed by atoms with van der Waals surface area (Å²) in [5, 5.41) is 3.43. The Hall–Kier alpha value is -1.98. The van der Waals surface area contributed by atoms with Crippen LogP contribution in [0.4, 0.5) is 0 Å². The number of carbonyl (C=O) groups is 1. The molecule has 0 unspecified atom stereocenters. The maximum Gasteiger partial charge on any atom is 0.286 e. The highest BCUT2D eigenvalue weighted by molar-refractivity contribution is 6.30. The molecule has 5 nitrogen and oxygen atoms in total. The van der Waals surface area contributed by atoms with Gasteiger partial charge in [-0.25, -0.2) is 0 Å². The number of halogens is 1. The highest BCUT2D eigenvalue weighted by Gasteiger charge is 2.11. The topological polar surface area (TPSA) is 60.7 Å². The van der Waals surface area contributed by atoms with E-state index in [0.29, 0.717) is 23.9 Å². The van der Waals surface area contributed by atoms with E-state index in [-0.39, 0.29) is 18.3 Å². The predicted molar refractivity (Wildman–Crippen MR) is 88.1 cm³/mol. The molecule has 0 saturated carbocycles. The third-order valence-corrected chi connectivity index (χ3v) is 3.44. The van der Waals surface area contributed by atoms with Crippen LogP contribution in [-0.4, -0.2) is 26.2 Å². The van der Waals surface area contributed by atoms with Crippen LogP contribution in [0, 0.1) is 6.92 Å². The van der Waals surface area contributed by atoms with Crippen LogP contribution < -0.4 is 10.1 Å². The zero-order valence-electron chi connectivity index (χ0n) is 13.2. The molecule has 1 N–H and O–H groups in total. The lowest BCUT2D eigenvalue weighted by atomic mass is 10.2. The lowest BCUT2D eigenvalue weighted by molar-refractivity contribution is 0.0917. The van der Waals surface area contributed by atoms with Crippen LogP contribution in [0.5, 0.6) is 5.75 Å². The molecule has 0 aliphatic rings. The minimum atomic E-state index is -0.241. The number of nitrogens with one attached hydrogen (secondary N) is 1. The molecule has 0 bridgehead atoms. The fraction of sp³-hybridized carbons (Fsp3) is 0.353. The zero-order valence-corrected chi connectivity index (χ0v) is 14.0. The van der Waals surface area contributed by atoms with Gasteiger partial charge in [-0.15, -0.1) is 0 Å². The van der Waals surface area contributed by atoms with Gasteiger partial charge in [-0.05, 0) is 49.2 Å². The van der Waals surface area contributed by atoms with Gasteiger partial charge in [-0.1, -0.05) is 11.6 Å². The second-order valence-corrected chi connectivity index (χ2v) is 5.50. The van der Waals surface area contributed by atoms with E-state index in [4.69, 9.17) is 25.5 Å². The Labute approximate surface area is 140 Å². The average molecular weight is 338 g/mol. The Morgan fingerprint density at radius 3 is 2.87 bits per heavy atom. The van der Waals surface area contributed by atoms with Gasteiger partial charge in [0.15, 0.2) is 5.76 Å². The fourth-order valence-electron chi connectivity index (χ4n) is 2.01. The Morgan fingerprint density at radius 2 is 2.13 bits per heavy atom. The van der Waals surface area contributed by atoms with Crippen LogP contribution in [0.1, 0.15) is 28.3 Å². The molecule has 0 fully saturated rings. The Morgan fingerprint density at radius 1 is 1.30 bits per heavy atom. The van der Waals surface area contributed by atoms with E-state index in [2.05, 4.69) is 5.32 Å². The summed E-state index contributed by atoms with van der Waals surface area (Å²) >= 11 is 5.91. The van der Waals surface area contributed by atoms with E-state index >= 15 is 0 Å². The minimum Gasteiger partial charge on any atom is -0.485 e. The number of hydrogen-bond donors (Lipinski definition) is 1. The van der Waals surface area contributed by atoms with Gasteiger partial charge in [-0.2, -0.15) is 0 Å². The summed E-state index contributed by atoms with van der Waals surface area (Å²) in [6, 6.07) is 8.78. The maximum atomic E-state index is 11.9. The van der Waals surface area contributed by atoms with Crippen molar-refractivity contribution in [2.24, 2.45) is 0 Å². The van der Waals surface area contributed by atoms with Crippen LogP contribution in [-0.2, 0) is 11.3 Å². The second kappa shape index (κ2) is 8.60. The normalized spacial score (nSPS) is 10.6. The standard InChI is InChI=1S/C17H20ClNO4/c1-12-10-13(18)4-6-15(12)22-11-14-5-7-16(23-14)17(20)19-8-3-9-21-2/h4-7,10H,3,8-9,11H2,1-2H3,(H,19,20). The quantitative estimate of drug-likeness (QED) is 0.748. The van der Waals surface area contributed by atoms with Crippen molar-refractivity contribution >= 4 is 17.5 Å². The van der Waals surface area contributed by atoms with Gasteiger partial charge >= 0.3 is 0 Å². The second-order valence-electron chi connectivity index (χ2n) is 5.07. The minimum absolute atomic E-state index is 0.241. The summed E-state index contributed by atoms with van der Waals surface area (Å²) < 4.78 is 16.1. The van der Waals surface area contributed by atoms with Crippen LogP contribution in [0.15, 0.2) is 34.7 Å². The monoisotopic (exact) mass is 337 g/mol. The summed E-state index contributed by atoms with van der Waals surface area (Å²) in [5.74, 6) is 1.35. The Balaban J connectivity index is 1.85. The molecule has 2 aromatic rings. The number of hydrogen-bond acceptors (Lipinski definition) is 4. The van der Waals surface area contributed by atoms with Crippen LogP contribution in [0.3, 0.4) is 0 Å². The van der Waals surface area contributed by atoms with E-state index in [1.165, 1.54) is 0 Å². The van der Waals surface area contributed by atoms with E-state index < -0.39 is 0 Å². The molecule has 124 valence electrons. The van der Waals surface area contributed by atoms with Gasteiger partial charge in [-0.3, -0.25) is 4.79 Å². The molecule has 23 heavy (non-hydrogen) atoms. The van der Waals surface area contributed by atoms with Crippen LogP contribution in [0.2, 0.25) is 5.02 Å². The van der Waals surface area contributed by atoms with Crippen molar-refractivity contribution in [3.05, 3.63) is 52.4 Å². The third kappa shape index (κ3) is 5.30. The summed E-state index contributed by atoms with van der Waals surface area (Å²) in [4.78, 5) is 11.9. The molecule has 0 radical (unpaired) electrons. The predicted octanol–water partition coefficient (Wildman–Crippen LogP) is 3.59. The first kappa shape index (κ1) is 17.4. The SMILES string of the molecule is COCCCNC(=O)c1ccc(COc2ccc(Cl)cc2C)o1. The Bertz CT molecular complexity index is 654. The maximum absolute atomic E-state index is 11.9. The molecule has 2 rings (SSSR count). The molecule has 0 aliphatic carbocycles. The number of carbonyl (C=O) groups excluding carboxylic acids is 1. The molecule has 0 saturated heterocycles. The fourth-order valence-corrected chi connectivity index (χ4v) is 2.23. The molecule has 0 spiro atoms. The first-order chi connectivity index (χ1) is 11.1. The van der Waals surface area contributed by atoms with Gasteiger partial charge in [0.1, 0.15) is 18.1 Å². The van der Waals surface area contributed by atoms with Gasteiger partial charge in [0.2, 0.25) is 0 Å². The summed E-state index contributed by atoms with van der Waals surface area (Å²) in [6.07, 6.45) is 0.759. The lowest BCUT2D eigenvalue weighted by Gasteiger charge is -2.07. The highest BCUT2D eigenvalue weighted by Crippen LogP contribution is 2.23. The van der Waals surface area contributed by atoms with Crippen molar-refractivity contribution in [1.29, 1.82) is 0 Å². The Kier molecular flexibility index (Phi) is 6.50. The molecular formula is C17H20ClNO4. The van der Waals surface area contributed by atoms with Crippen LogP contribution >= 0.6 is 11.6 Å². The van der Waals surface area contributed by atoms with E-state index in [0.717, 1.165) is 17.7 Å².